The first-order valence-corrected chi connectivity index (χ1v) is 6.35. The molecule has 1 aromatic carbocycles. The van der Waals surface area contributed by atoms with Crippen LogP contribution in [0.5, 0.6) is 5.75 Å². The minimum Gasteiger partial charge on any atom is -0.496 e. The van der Waals surface area contributed by atoms with Crippen molar-refractivity contribution in [1.82, 2.24) is 0 Å². The Hall–Kier alpha value is -1.82. The highest BCUT2D eigenvalue weighted by atomic mass is 16.6. The van der Waals surface area contributed by atoms with Crippen LogP contribution in [-0.4, -0.2) is 31.2 Å². The quantitative estimate of drug-likeness (QED) is 0.663. The van der Waals surface area contributed by atoms with Crippen LogP contribution in [0.1, 0.15) is 13.3 Å². The highest BCUT2D eigenvalue weighted by molar-refractivity contribution is 5.58. The van der Waals surface area contributed by atoms with E-state index in [0.29, 0.717) is 11.7 Å². The van der Waals surface area contributed by atoms with Gasteiger partial charge in [-0.15, -0.1) is 0 Å². The summed E-state index contributed by atoms with van der Waals surface area (Å²) in [7, 11) is 1.51. The molecule has 0 spiro atoms. The van der Waals surface area contributed by atoms with Gasteiger partial charge in [0.1, 0.15) is 5.75 Å². The number of methoxy groups -OCH3 is 1. The van der Waals surface area contributed by atoms with Crippen LogP contribution in [-0.2, 0) is 0 Å². The van der Waals surface area contributed by atoms with Gasteiger partial charge in [0.15, 0.2) is 0 Å². The van der Waals surface area contributed by atoms with Crippen LogP contribution in [0, 0.1) is 16.0 Å². The minimum atomic E-state index is -0.398. The van der Waals surface area contributed by atoms with Gasteiger partial charge in [-0.3, -0.25) is 10.1 Å². The Bertz CT molecular complexity index is 476. The Labute approximate surface area is 112 Å². The van der Waals surface area contributed by atoms with Gasteiger partial charge in [-0.2, -0.15) is 0 Å². The van der Waals surface area contributed by atoms with Crippen molar-refractivity contribution in [3.63, 3.8) is 0 Å². The highest BCUT2D eigenvalue weighted by Crippen LogP contribution is 2.32. The minimum absolute atomic E-state index is 0.0543. The van der Waals surface area contributed by atoms with Crippen molar-refractivity contribution < 1.29 is 9.66 Å². The number of nitro benzene ring substituents is 1. The van der Waals surface area contributed by atoms with E-state index in [1.165, 1.54) is 13.2 Å². The number of nitrogens with zero attached hydrogens (tertiary/aromatic N) is 2. The lowest BCUT2D eigenvalue weighted by Gasteiger charge is -2.20. The fourth-order valence-electron chi connectivity index (χ4n) is 2.42. The summed E-state index contributed by atoms with van der Waals surface area (Å²) in [5, 5.41) is 10.9. The number of hydrogen-bond acceptors (Lipinski definition) is 5. The number of hydrogen-bond donors (Lipinski definition) is 1. The molecule has 0 aromatic heterocycles. The number of non-ortho nitro benzene ring substituents is 1. The molecule has 1 aliphatic rings. The number of rotatable bonds is 4. The van der Waals surface area contributed by atoms with Crippen molar-refractivity contribution in [2.24, 2.45) is 11.7 Å². The van der Waals surface area contributed by atoms with E-state index in [9.17, 15) is 10.1 Å². The molecule has 1 fully saturated rings. The molecule has 0 saturated carbocycles. The SMILES string of the molecule is COc1cc(N2CCC(C(C)N)C2)cc([N+](=O)[O-])c1. The smallest absolute Gasteiger partial charge is 0.275 e. The lowest BCUT2D eigenvalue weighted by molar-refractivity contribution is -0.384. The lowest BCUT2D eigenvalue weighted by Crippen LogP contribution is -2.29. The zero-order chi connectivity index (χ0) is 14.0. The van der Waals surface area contributed by atoms with Gasteiger partial charge in [-0.25, -0.2) is 0 Å². The summed E-state index contributed by atoms with van der Waals surface area (Å²) < 4.78 is 5.12. The predicted octanol–water partition coefficient (Wildman–Crippen LogP) is 1.78. The molecule has 2 N–H and O–H groups in total. The van der Waals surface area contributed by atoms with Crippen molar-refractivity contribution in [2.45, 2.75) is 19.4 Å². The monoisotopic (exact) mass is 265 g/mol. The Balaban J connectivity index is 2.25. The van der Waals surface area contributed by atoms with E-state index >= 15 is 0 Å². The summed E-state index contributed by atoms with van der Waals surface area (Å²) in [6.45, 7) is 3.71. The molecule has 0 radical (unpaired) electrons. The normalized spacial score (nSPS) is 20.4. The van der Waals surface area contributed by atoms with Crippen LogP contribution in [0.15, 0.2) is 18.2 Å². The summed E-state index contributed by atoms with van der Waals surface area (Å²) in [4.78, 5) is 12.7. The molecule has 2 rings (SSSR count). The molecule has 0 amide bonds. The third kappa shape index (κ3) is 2.96. The Morgan fingerprint density at radius 2 is 2.26 bits per heavy atom. The molecule has 2 unspecified atom stereocenters. The van der Waals surface area contributed by atoms with Crippen LogP contribution in [0.2, 0.25) is 0 Å². The number of nitrogens with two attached hydrogens (primary N) is 1. The van der Waals surface area contributed by atoms with E-state index < -0.39 is 4.92 Å². The van der Waals surface area contributed by atoms with Crippen molar-refractivity contribution in [3.05, 3.63) is 28.3 Å². The molecular formula is C13H19N3O3. The van der Waals surface area contributed by atoms with Gasteiger partial charge in [0.25, 0.3) is 5.69 Å². The largest absolute Gasteiger partial charge is 0.496 e. The molecule has 1 aromatic rings. The Morgan fingerprint density at radius 1 is 1.53 bits per heavy atom. The van der Waals surface area contributed by atoms with Gasteiger partial charge < -0.3 is 15.4 Å². The van der Waals surface area contributed by atoms with Gasteiger partial charge >= 0.3 is 0 Å². The molecule has 1 saturated heterocycles. The fraction of sp³-hybridized carbons (Fsp3) is 0.538. The van der Waals surface area contributed by atoms with Crippen molar-refractivity contribution in [3.8, 4) is 5.75 Å². The first-order valence-electron chi connectivity index (χ1n) is 6.35. The van der Waals surface area contributed by atoms with E-state index in [1.807, 2.05) is 13.0 Å². The highest BCUT2D eigenvalue weighted by Gasteiger charge is 2.26. The molecule has 6 nitrogen and oxygen atoms in total. The summed E-state index contributed by atoms with van der Waals surface area (Å²) in [6, 6.07) is 5.00. The average molecular weight is 265 g/mol. The first-order chi connectivity index (χ1) is 9.01. The van der Waals surface area contributed by atoms with Gasteiger partial charge in [0, 0.05) is 37.0 Å². The van der Waals surface area contributed by atoms with Gasteiger partial charge in [-0.05, 0) is 19.3 Å². The second-order valence-electron chi connectivity index (χ2n) is 5.00. The van der Waals surface area contributed by atoms with Gasteiger partial charge in [-0.1, -0.05) is 0 Å². The zero-order valence-corrected chi connectivity index (χ0v) is 11.2. The van der Waals surface area contributed by atoms with Crippen LogP contribution < -0.4 is 15.4 Å². The molecule has 104 valence electrons. The predicted molar refractivity (Wildman–Crippen MR) is 73.6 cm³/mol. The summed E-state index contributed by atoms with van der Waals surface area (Å²) >= 11 is 0. The van der Waals surface area contributed by atoms with Crippen LogP contribution in [0.25, 0.3) is 0 Å². The maximum Gasteiger partial charge on any atom is 0.275 e. The van der Waals surface area contributed by atoms with Crippen LogP contribution in [0.3, 0.4) is 0 Å². The molecular weight excluding hydrogens is 246 g/mol. The number of benzene rings is 1. The summed E-state index contributed by atoms with van der Waals surface area (Å²) in [5.41, 5.74) is 6.79. The second kappa shape index (κ2) is 5.44. The Kier molecular flexibility index (Phi) is 3.90. The van der Waals surface area contributed by atoms with Crippen molar-refractivity contribution in [2.75, 3.05) is 25.1 Å². The van der Waals surface area contributed by atoms with Gasteiger partial charge in [0.2, 0.25) is 0 Å². The fourth-order valence-corrected chi connectivity index (χ4v) is 2.42. The van der Waals surface area contributed by atoms with E-state index in [-0.39, 0.29) is 11.7 Å². The molecule has 0 aliphatic carbocycles. The number of ether oxygens (including phenoxy) is 1. The average Bonchev–Trinajstić information content (AvgIpc) is 2.87. The zero-order valence-electron chi connectivity index (χ0n) is 11.2. The van der Waals surface area contributed by atoms with Crippen molar-refractivity contribution >= 4 is 11.4 Å². The standard InChI is InChI=1S/C13H19N3O3/c1-9(14)10-3-4-15(8-10)11-5-12(16(17)18)7-13(6-11)19-2/h5-7,9-10H,3-4,8,14H2,1-2H3. The molecule has 6 heteroatoms. The van der Waals surface area contributed by atoms with Crippen LogP contribution >= 0.6 is 0 Å². The molecule has 19 heavy (non-hydrogen) atoms. The van der Waals surface area contributed by atoms with E-state index in [1.54, 1.807) is 6.07 Å². The topological polar surface area (TPSA) is 81.6 Å². The lowest BCUT2D eigenvalue weighted by atomic mass is 10.0. The third-order valence-electron chi connectivity index (χ3n) is 3.66. The number of anilines is 1. The van der Waals surface area contributed by atoms with Crippen LogP contribution in [0.4, 0.5) is 11.4 Å². The summed E-state index contributed by atoms with van der Waals surface area (Å²) in [6.07, 6.45) is 1.02. The molecule has 1 aliphatic heterocycles. The van der Waals surface area contributed by atoms with E-state index in [0.717, 1.165) is 25.2 Å². The maximum atomic E-state index is 10.9. The third-order valence-corrected chi connectivity index (χ3v) is 3.66. The molecule has 1 heterocycles. The second-order valence-corrected chi connectivity index (χ2v) is 5.00. The maximum absolute atomic E-state index is 10.9. The Morgan fingerprint density at radius 3 is 2.79 bits per heavy atom. The van der Waals surface area contributed by atoms with E-state index in [2.05, 4.69) is 4.90 Å². The van der Waals surface area contributed by atoms with Crippen molar-refractivity contribution in [1.29, 1.82) is 0 Å². The molecule has 0 bridgehead atoms. The van der Waals surface area contributed by atoms with E-state index in [4.69, 9.17) is 10.5 Å². The van der Waals surface area contributed by atoms with Gasteiger partial charge in [0.05, 0.1) is 18.1 Å². The summed E-state index contributed by atoms with van der Waals surface area (Å²) in [5.74, 6) is 0.943. The number of nitro groups is 1. The first kappa shape index (κ1) is 13.6. The molecule has 2 atom stereocenters.